The Labute approximate surface area is 192 Å². The number of para-hydroxylation sites is 3. The van der Waals surface area contributed by atoms with Crippen LogP contribution in [0.2, 0.25) is 0 Å². The van der Waals surface area contributed by atoms with Crippen molar-refractivity contribution in [1.82, 2.24) is 0 Å². The average molecular weight is 431 g/mol. The molecule has 0 N–H and O–H groups in total. The highest BCUT2D eigenvalue weighted by Gasteiger charge is 2.66. The maximum atomic E-state index is 6.98. The van der Waals surface area contributed by atoms with Crippen LogP contribution in [0.5, 0.6) is 11.5 Å². The highest BCUT2D eigenvalue weighted by molar-refractivity contribution is 5.84. The first-order chi connectivity index (χ1) is 16.2. The molecule has 0 aromatic heterocycles. The van der Waals surface area contributed by atoms with Crippen LogP contribution in [-0.2, 0) is 6.42 Å². The molecule has 0 aliphatic carbocycles. The van der Waals surface area contributed by atoms with Crippen molar-refractivity contribution in [2.24, 2.45) is 0 Å². The van der Waals surface area contributed by atoms with Gasteiger partial charge in [-0.1, -0.05) is 63.7 Å². The van der Waals surface area contributed by atoms with Gasteiger partial charge in [-0.05, 0) is 30.2 Å². The number of hydrogen-bond donors (Lipinski definition) is 0. The third kappa shape index (κ3) is 2.64. The summed E-state index contributed by atoms with van der Waals surface area (Å²) >= 11 is 0. The summed E-state index contributed by atoms with van der Waals surface area (Å²) in [5.74, 6) is 1.70. The highest BCUT2D eigenvalue weighted by atomic mass is 16.7. The third-order valence-electron chi connectivity index (χ3n) is 6.60. The first-order valence-corrected chi connectivity index (χ1v) is 11.2. The van der Waals surface area contributed by atoms with E-state index in [-0.39, 0.29) is 0 Å². The van der Waals surface area contributed by atoms with Crippen LogP contribution < -0.4 is 9.47 Å². The minimum Gasteiger partial charge on any atom is -0.340 e. The van der Waals surface area contributed by atoms with Gasteiger partial charge >= 0.3 is 6.03 Å². The van der Waals surface area contributed by atoms with Gasteiger partial charge in [0.25, 0.3) is 0 Å². The van der Waals surface area contributed by atoms with Gasteiger partial charge in [0.1, 0.15) is 0 Å². The van der Waals surface area contributed by atoms with Crippen LogP contribution in [0, 0.1) is 6.92 Å². The van der Waals surface area contributed by atoms with E-state index in [0.29, 0.717) is 0 Å². The molecule has 33 heavy (non-hydrogen) atoms. The van der Waals surface area contributed by atoms with Gasteiger partial charge < -0.3 is 9.47 Å². The van der Waals surface area contributed by atoms with Crippen molar-refractivity contribution in [3.05, 3.63) is 119 Å². The molecule has 0 radical (unpaired) electrons. The second kappa shape index (κ2) is 6.66. The van der Waals surface area contributed by atoms with Crippen molar-refractivity contribution in [2.75, 3.05) is 0 Å². The number of hydrogen-bond acceptors (Lipinski definition) is 2. The van der Waals surface area contributed by atoms with Crippen LogP contribution in [0.15, 0.2) is 91.0 Å². The van der Waals surface area contributed by atoms with Gasteiger partial charge in [0.2, 0.25) is 11.4 Å². The molecule has 4 nitrogen and oxygen atoms in total. The van der Waals surface area contributed by atoms with Crippen LogP contribution in [-0.4, -0.2) is 27.6 Å². The fourth-order valence-electron chi connectivity index (χ4n) is 5.03. The van der Waals surface area contributed by atoms with Gasteiger partial charge in [-0.15, -0.1) is 0 Å². The van der Waals surface area contributed by atoms with Crippen LogP contribution in [0.25, 0.3) is 0 Å². The van der Waals surface area contributed by atoms with Crippen molar-refractivity contribution >= 4 is 23.8 Å². The lowest BCUT2D eigenvalue weighted by molar-refractivity contribution is -0.855. The number of nitrogens with zero attached hydrogens (tertiary/aromatic N) is 2. The Balaban J connectivity index is 1.62. The van der Waals surface area contributed by atoms with Crippen LogP contribution in [0.4, 0.5) is 11.4 Å². The summed E-state index contributed by atoms with van der Waals surface area (Å²) < 4.78 is 18.1. The van der Waals surface area contributed by atoms with Crippen molar-refractivity contribution in [1.29, 1.82) is 0 Å². The molecular formula is C29H22N2O2+2. The summed E-state index contributed by atoms with van der Waals surface area (Å²) in [5.41, 5.74) is 7.53. The summed E-state index contributed by atoms with van der Waals surface area (Å²) in [6, 6.07) is 30.2. The largest absolute Gasteiger partial charge is 0.714 e. The van der Waals surface area contributed by atoms with Crippen molar-refractivity contribution in [3.63, 3.8) is 0 Å². The molecule has 0 fully saturated rings. The van der Waals surface area contributed by atoms with Crippen molar-refractivity contribution in [3.8, 4) is 11.5 Å². The summed E-state index contributed by atoms with van der Waals surface area (Å²) in [5, 5.41) is 0. The molecule has 158 valence electrons. The molecular weight excluding hydrogens is 408 g/mol. The standard InChI is InChI=1S/C29H22N2O2/c1-20-8-5-11-23-18-31-26-15-6-9-21(17-26)16-22-10-7-12-24-19-30(25-13-3-2-4-14-25)29(31,32-27(20)23)33-28(22)24/h2-15,17-19H,16H2,1H3/q+2/t29-/m1/s1. The maximum Gasteiger partial charge on any atom is 0.714 e. The van der Waals surface area contributed by atoms with Crippen LogP contribution in [0.1, 0.15) is 27.8 Å². The normalized spacial score (nSPS) is 19.3. The number of aryl methyl sites for hydroxylation is 1. The quantitative estimate of drug-likeness (QED) is 0.371. The molecule has 3 aliphatic rings. The van der Waals surface area contributed by atoms with Crippen molar-refractivity contribution < 1.29 is 18.6 Å². The Hall–Kier alpha value is -4.18. The first kappa shape index (κ1) is 18.4. The highest BCUT2D eigenvalue weighted by Crippen LogP contribution is 2.43. The molecule has 7 rings (SSSR count). The van der Waals surface area contributed by atoms with E-state index in [1.165, 1.54) is 5.56 Å². The van der Waals surface area contributed by atoms with E-state index in [1.807, 2.05) is 18.2 Å². The van der Waals surface area contributed by atoms with E-state index < -0.39 is 6.03 Å². The zero-order chi connectivity index (χ0) is 22.0. The zero-order valence-corrected chi connectivity index (χ0v) is 18.2. The van der Waals surface area contributed by atoms with Gasteiger partial charge in [0.05, 0.1) is 11.1 Å². The smallest absolute Gasteiger partial charge is 0.340 e. The van der Waals surface area contributed by atoms with E-state index >= 15 is 0 Å². The summed E-state index contributed by atoms with van der Waals surface area (Å²) in [7, 11) is 0. The molecule has 4 aromatic rings. The Bertz CT molecular complexity index is 1500. The summed E-state index contributed by atoms with van der Waals surface area (Å²) in [6.07, 6.45) is 5.09. The molecule has 0 saturated carbocycles. The van der Waals surface area contributed by atoms with E-state index in [2.05, 4.69) is 101 Å². The van der Waals surface area contributed by atoms with Crippen LogP contribution in [0.3, 0.4) is 0 Å². The predicted octanol–water partition coefficient (Wildman–Crippen LogP) is 5.52. The number of rotatable bonds is 1. The number of fused-ring (bicyclic) bond motifs is 4. The fraction of sp³-hybridized carbons (Fsp3) is 0.103. The van der Waals surface area contributed by atoms with Gasteiger partial charge in [-0.25, -0.2) is 0 Å². The Morgan fingerprint density at radius 3 is 2.18 bits per heavy atom. The molecule has 4 aromatic carbocycles. The predicted molar refractivity (Wildman–Crippen MR) is 127 cm³/mol. The Kier molecular flexibility index (Phi) is 3.71. The second-order valence-corrected chi connectivity index (χ2v) is 8.76. The lowest BCUT2D eigenvalue weighted by atomic mass is 10.0. The summed E-state index contributed by atoms with van der Waals surface area (Å²) in [6.45, 7) is 2.08. The molecule has 3 heterocycles. The van der Waals surface area contributed by atoms with E-state index in [0.717, 1.165) is 51.5 Å². The van der Waals surface area contributed by atoms with Crippen LogP contribution >= 0.6 is 0 Å². The molecule has 1 spiro atoms. The average Bonchev–Trinajstić information content (AvgIpc) is 2.88. The van der Waals surface area contributed by atoms with E-state index in [9.17, 15) is 0 Å². The Morgan fingerprint density at radius 1 is 0.667 bits per heavy atom. The molecule has 3 aliphatic heterocycles. The monoisotopic (exact) mass is 430 g/mol. The fourth-order valence-corrected chi connectivity index (χ4v) is 5.03. The number of benzene rings is 4. The second-order valence-electron chi connectivity index (χ2n) is 8.76. The zero-order valence-electron chi connectivity index (χ0n) is 18.2. The minimum absolute atomic E-state index is 0.798. The minimum atomic E-state index is -1.24. The molecule has 0 amide bonds. The molecule has 4 heteroatoms. The van der Waals surface area contributed by atoms with Gasteiger partial charge in [0.15, 0.2) is 23.9 Å². The molecule has 0 saturated heterocycles. The van der Waals surface area contributed by atoms with Crippen molar-refractivity contribution in [2.45, 2.75) is 19.4 Å². The van der Waals surface area contributed by atoms with Gasteiger partial charge in [-0.3, -0.25) is 0 Å². The van der Waals surface area contributed by atoms with Gasteiger partial charge in [-0.2, -0.15) is 0 Å². The maximum absolute atomic E-state index is 6.98. The lowest BCUT2D eigenvalue weighted by Gasteiger charge is -2.31. The Morgan fingerprint density at radius 2 is 1.33 bits per heavy atom. The lowest BCUT2D eigenvalue weighted by Crippen LogP contribution is -2.62. The molecule has 0 unspecified atom stereocenters. The SMILES string of the molecule is Cc1cccc2c1O[C@]13Oc4c(cccc4Cc4cccc(c4)[N+]1=C2)C=[N+]3c1ccccc1. The van der Waals surface area contributed by atoms with E-state index in [1.54, 1.807) is 0 Å². The number of ether oxygens (including phenoxy) is 2. The summed E-state index contributed by atoms with van der Waals surface area (Å²) in [4.78, 5) is 0. The molecule has 4 bridgehead atoms. The molecule has 1 atom stereocenters. The van der Waals surface area contributed by atoms with Gasteiger partial charge in [0, 0.05) is 36.2 Å². The first-order valence-electron chi connectivity index (χ1n) is 11.2. The topological polar surface area (TPSA) is 24.5 Å². The third-order valence-corrected chi connectivity index (χ3v) is 6.60. The van der Waals surface area contributed by atoms with E-state index in [4.69, 9.17) is 9.47 Å².